The summed E-state index contributed by atoms with van der Waals surface area (Å²) in [7, 11) is 5.30. The van der Waals surface area contributed by atoms with Crippen molar-refractivity contribution in [2.45, 2.75) is 11.8 Å². The van der Waals surface area contributed by atoms with E-state index < -0.39 is 0 Å². The van der Waals surface area contributed by atoms with E-state index in [1.807, 2.05) is 66.8 Å². The second-order valence-corrected chi connectivity index (χ2v) is 7.84. The van der Waals surface area contributed by atoms with Gasteiger partial charge in [-0.2, -0.15) is 0 Å². The number of H-pyrrole nitrogens is 2. The minimum Gasteiger partial charge on any atom is -1.00 e. The number of hydrogen-bond donors (Lipinski definition) is 3. The Balaban J connectivity index is -0.000000237. The first-order valence-corrected chi connectivity index (χ1v) is 11.7. The molecule has 0 fully saturated rings. The fourth-order valence-corrected chi connectivity index (χ4v) is 3.04. The van der Waals surface area contributed by atoms with E-state index >= 15 is 0 Å². The molecule has 0 aliphatic rings. The van der Waals surface area contributed by atoms with Gasteiger partial charge in [-0.25, -0.2) is 24.8 Å². The zero-order valence-corrected chi connectivity index (χ0v) is 30.1. The summed E-state index contributed by atoms with van der Waals surface area (Å²) in [6, 6.07) is 7.88. The number of rotatable bonds is 7. The van der Waals surface area contributed by atoms with E-state index in [4.69, 9.17) is 9.59 Å². The summed E-state index contributed by atoms with van der Waals surface area (Å²) in [5, 5.41) is 4.23. The van der Waals surface area contributed by atoms with Gasteiger partial charge in [-0.15, -0.1) is 28.3 Å². The third-order valence-corrected chi connectivity index (χ3v) is 4.95. The Kier molecular flexibility index (Phi) is 28.0. The number of nitrogens with one attached hydrogen (secondary N) is 2. The van der Waals surface area contributed by atoms with Crippen molar-refractivity contribution >= 4 is 48.6 Å². The van der Waals surface area contributed by atoms with Crippen LogP contribution in [0.2, 0.25) is 0 Å². The number of benzene rings is 1. The van der Waals surface area contributed by atoms with Gasteiger partial charge < -0.3 is 32.2 Å². The van der Waals surface area contributed by atoms with Crippen molar-refractivity contribution in [3.05, 3.63) is 79.4 Å². The third kappa shape index (κ3) is 16.5. The fraction of sp³-hybridized carbons (Fsp3) is 0.167. The largest absolute Gasteiger partial charge is 1.00 e. The maximum absolute atomic E-state index is 8.81. The number of aldehydes is 2. The molecule has 0 aliphatic carbocycles. The zero-order chi connectivity index (χ0) is 27.6. The summed E-state index contributed by atoms with van der Waals surface area (Å²) in [6.07, 6.45) is 14.6. The van der Waals surface area contributed by atoms with Crippen LogP contribution in [0.3, 0.4) is 0 Å². The van der Waals surface area contributed by atoms with E-state index in [0.717, 1.165) is 40.2 Å². The molecular weight excluding hydrogens is 708 g/mol. The molecule has 5 aromatic rings. The quantitative estimate of drug-likeness (QED) is 0.0306. The van der Waals surface area contributed by atoms with Crippen LogP contribution in [0.4, 0.5) is 0 Å². The number of aryl methyl sites for hydroxylation is 3. The van der Waals surface area contributed by atoms with Gasteiger partial charge in [0.05, 0.1) is 19.2 Å². The normalized spacial score (nSPS) is 8.76. The van der Waals surface area contributed by atoms with Crippen LogP contribution in [-0.4, -0.2) is 64.2 Å². The van der Waals surface area contributed by atoms with Gasteiger partial charge in [-0.1, -0.05) is 22.7 Å². The summed E-state index contributed by atoms with van der Waals surface area (Å²) >= 11 is 1.11. The van der Waals surface area contributed by atoms with Crippen molar-refractivity contribution in [2.24, 2.45) is 14.1 Å². The number of hydrogen-bond acceptors (Lipinski definition) is 11. The van der Waals surface area contributed by atoms with Crippen molar-refractivity contribution in [2.75, 3.05) is 7.11 Å². The number of carbonyl (C=O) groups is 2. The van der Waals surface area contributed by atoms with Crippen LogP contribution in [0.5, 0.6) is 0 Å². The molecule has 42 heavy (non-hydrogen) atoms. The van der Waals surface area contributed by atoms with Gasteiger partial charge in [0.25, 0.3) is 0 Å². The predicted octanol–water partition coefficient (Wildman–Crippen LogP) is 0.588. The predicted molar refractivity (Wildman–Crippen MR) is 165 cm³/mol. The van der Waals surface area contributed by atoms with E-state index in [-0.39, 0.29) is 101 Å². The maximum atomic E-state index is 8.81. The smallest absolute Gasteiger partial charge is 1.00 e. The molecule has 15 nitrogen and oxygen atoms in total. The Bertz CT molecular complexity index is 1250. The first-order valence-electron chi connectivity index (χ1n) is 10.9. The van der Waals surface area contributed by atoms with Crippen LogP contribution in [0.25, 0.3) is 23.3 Å². The first-order chi connectivity index (χ1) is 18.5. The van der Waals surface area contributed by atoms with Gasteiger partial charge in [-0.3, -0.25) is 9.59 Å². The molecule has 0 bridgehead atoms. The van der Waals surface area contributed by atoms with Crippen molar-refractivity contribution in [1.29, 1.82) is 0 Å². The van der Waals surface area contributed by atoms with Crippen LogP contribution in [0.1, 0.15) is 6.99 Å². The maximum Gasteiger partial charge on any atom is 1.00 e. The van der Waals surface area contributed by atoms with Crippen LogP contribution in [0.15, 0.2) is 78.7 Å². The van der Waals surface area contributed by atoms with Crippen LogP contribution in [0, 0.1) is 6.92 Å². The molecule has 0 radical (unpaired) electrons. The van der Waals surface area contributed by atoms with Crippen LogP contribution >= 0.6 is 36.0 Å². The van der Waals surface area contributed by atoms with Crippen LogP contribution < -0.4 is 57.5 Å². The Morgan fingerprint density at radius 3 is 1.60 bits per heavy atom. The van der Waals surface area contributed by atoms with Gasteiger partial charge in [0, 0.05) is 68.6 Å². The molecule has 4 aromatic heterocycles. The fourth-order valence-electron chi connectivity index (χ4n) is 2.63. The van der Waals surface area contributed by atoms with E-state index in [9.17, 15) is 0 Å². The Hall–Kier alpha value is -2.08. The molecule has 0 atom stereocenters. The molecule has 0 saturated heterocycles. The molecule has 18 heteroatoms. The van der Waals surface area contributed by atoms with Gasteiger partial charge in [0.15, 0.2) is 35.9 Å². The van der Waals surface area contributed by atoms with Gasteiger partial charge in [0.1, 0.15) is 0 Å². The Morgan fingerprint density at radius 2 is 1.29 bits per heavy atom. The van der Waals surface area contributed by atoms with E-state index in [1.54, 1.807) is 37.2 Å². The molecule has 0 unspecified atom stereocenters. The monoisotopic (exact) mass is 743 g/mol. The summed E-state index contributed by atoms with van der Waals surface area (Å²) in [5.74, 6) is 3.32. The molecular formula is C24H35IKN9O6S. The first kappa shape index (κ1) is 44.4. The summed E-state index contributed by atoms with van der Waals surface area (Å²) < 4.78 is 8.50. The molecule has 0 spiro atoms. The SMILES string of the molecule is COOOSc1ccc(C)cc1.Cn1ccnc1-c1nccn1C.I.N.O.O=CC=O.[H-].[K+].c1c[nH]c(-c2ncc[nH]2)n1. The number of nitrogens with zero attached hydrogens (tertiary/aromatic N) is 6. The number of imidazole rings is 4. The second-order valence-electron chi connectivity index (χ2n) is 7.07. The molecule has 0 saturated carbocycles. The van der Waals surface area contributed by atoms with Crippen molar-refractivity contribution in [3.63, 3.8) is 0 Å². The molecule has 5 rings (SSSR count). The Morgan fingerprint density at radius 1 is 0.833 bits per heavy atom. The number of halogens is 1. The van der Waals surface area contributed by atoms with Crippen molar-refractivity contribution in [3.8, 4) is 23.3 Å². The topological polar surface area (TPSA) is 221 Å². The number of aromatic nitrogens is 8. The third-order valence-electron chi connectivity index (χ3n) is 4.37. The van der Waals surface area contributed by atoms with E-state index in [0.29, 0.717) is 0 Å². The van der Waals surface area contributed by atoms with E-state index in [2.05, 4.69) is 44.2 Å². The second kappa shape index (κ2) is 26.5. The molecule has 1 aromatic carbocycles. The van der Waals surface area contributed by atoms with Crippen molar-refractivity contribution in [1.82, 2.24) is 45.2 Å². The molecule has 0 amide bonds. The standard InChI is InChI=1S/C8H10N4.C8H10O3S.C6H6N4.C2H2O2.HI.K.H3N.H2O.H/c1-11-5-3-9-7(11)8-10-4-6-12(8)2;1-7-3-5-8(6-4-7)12-11-10-9-2;1-2-8-5(7-1)6-9-3-4-10-6;3-1-2-4;;;;;/h2*3-6H,1-2H3;1-4H,(H,7,8)(H,9,10);1-2H;1H;;1H3;1H2;/q;;;;;+1;;;-1. The minimum atomic E-state index is 0. The average Bonchev–Trinajstić information content (AvgIpc) is 3.74. The van der Waals surface area contributed by atoms with Crippen LogP contribution in [-0.2, 0) is 37.9 Å². The zero-order valence-electron chi connectivity index (χ0n) is 24.8. The average molecular weight is 744 g/mol. The molecule has 7 N–H and O–H groups in total. The van der Waals surface area contributed by atoms with Gasteiger partial charge in [0.2, 0.25) is 0 Å². The summed E-state index contributed by atoms with van der Waals surface area (Å²) in [4.78, 5) is 45.1. The molecule has 226 valence electrons. The molecule has 4 heterocycles. The van der Waals surface area contributed by atoms with E-state index in [1.165, 1.54) is 12.7 Å². The van der Waals surface area contributed by atoms with Crippen molar-refractivity contribution < 1.29 is 82.1 Å². The van der Waals surface area contributed by atoms with Gasteiger partial charge in [-0.05, 0) is 19.1 Å². The minimum absolute atomic E-state index is 0. The Labute approximate surface area is 308 Å². The number of aromatic amines is 2. The van der Waals surface area contributed by atoms with Gasteiger partial charge >= 0.3 is 51.4 Å². The summed E-state index contributed by atoms with van der Waals surface area (Å²) in [6.45, 7) is 2.03. The number of carbonyl (C=O) groups excluding carboxylic acids is 2. The summed E-state index contributed by atoms with van der Waals surface area (Å²) in [5.41, 5.74) is 1.21. The molecule has 0 aliphatic heterocycles.